The van der Waals surface area contributed by atoms with Crippen LogP contribution in [0, 0.1) is 0 Å². The molecule has 0 aliphatic heterocycles. The van der Waals surface area contributed by atoms with Crippen LogP contribution in [0.25, 0.3) is 0 Å². The molecule has 0 N–H and O–H groups in total. The Morgan fingerprint density at radius 1 is 0.444 bits per heavy atom. The summed E-state index contributed by atoms with van der Waals surface area (Å²) in [4.78, 5) is 74.2. The molecule has 0 aliphatic rings. The molecule has 0 aliphatic carbocycles. The lowest BCUT2D eigenvalue weighted by Gasteiger charge is -2.14. The van der Waals surface area contributed by atoms with Gasteiger partial charge in [-0.3, -0.25) is 0 Å². The molecule has 0 amide bonds. The highest BCUT2D eigenvalue weighted by molar-refractivity contribution is 5.87. The summed E-state index contributed by atoms with van der Waals surface area (Å²) in [6.07, 6.45) is 7.96. The average molecular weight is 634 g/mol. The number of unbranched alkanes of at least 4 members (excludes halogenated alkanes) is 9. The Kier molecular flexibility index (Phi) is 18.8. The van der Waals surface area contributed by atoms with Gasteiger partial charge in [-0.1, -0.05) is 39.0 Å². The highest BCUT2D eigenvalue weighted by Crippen LogP contribution is 2.05. The fourth-order valence-corrected chi connectivity index (χ4v) is 4.30. The van der Waals surface area contributed by atoms with Gasteiger partial charge in [0.1, 0.15) is 0 Å². The van der Waals surface area contributed by atoms with Crippen LogP contribution in [0.4, 0.5) is 0 Å². The van der Waals surface area contributed by atoms with E-state index in [1.165, 1.54) is 0 Å². The van der Waals surface area contributed by atoms with Crippen molar-refractivity contribution in [2.24, 2.45) is 0 Å². The van der Waals surface area contributed by atoms with E-state index in [4.69, 9.17) is 14.2 Å². The van der Waals surface area contributed by atoms with E-state index in [-0.39, 0.29) is 39.5 Å². The van der Waals surface area contributed by atoms with Crippen LogP contribution in [0.3, 0.4) is 0 Å². The number of nitrogens with zero attached hydrogens (tertiary/aromatic N) is 3. The molecule has 252 valence electrons. The molecular formula is C33H51N3O9. The Bertz CT molecular complexity index is 1160. The molecule has 0 bridgehead atoms. The van der Waals surface area contributed by atoms with Crippen LogP contribution in [0.2, 0.25) is 0 Å². The van der Waals surface area contributed by atoms with Crippen LogP contribution in [0.5, 0.6) is 0 Å². The average Bonchev–Trinajstić information content (AvgIpc) is 2.99. The molecule has 12 heteroatoms. The van der Waals surface area contributed by atoms with Crippen molar-refractivity contribution < 1.29 is 28.6 Å². The first-order valence-corrected chi connectivity index (χ1v) is 15.8. The fourth-order valence-electron chi connectivity index (χ4n) is 4.30. The van der Waals surface area contributed by atoms with E-state index in [0.717, 1.165) is 33.0 Å². The van der Waals surface area contributed by atoms with Crippen LogP contribution >= 0.6 is 0 Å². The number of rotatable bonds is 24. The normalized spacial score (nSPS) is 10.7. The minimum atomic E-state index is -0.619. The number of hydrogen-bond acceptors (Lipinski definition) is 9. The minimum Gasteiger partial charge on any atom is -0.462 e. The first-order chi connectivity index (χ1) is 21.4. The Balaban J connectivity index is 2.80. The van der Waals surface area contributed by atoms with Crippen LogP contribution in [-0.4, -0.2) is 51.4 Å². The summed E-state index contributed by atoms with van der Waals surface area (Å²) in [5, 5.41) is 0. The fraction of sp³-hybridized carbons (Fsp3) is 0.636. The lowest BCUT2D eigenvalue weighted by molar-refractivity contribution is -0.139. The minimum absolute atomic E-state index is 0.172. The Morgan fingerprint density at radius 3 is 0.889 bits per heavy atom. The molecule has 0 aromatic carbocycles. The second kappa shape index (κ2) is 21.7. The molecule has 1 heterocycles. The van der Waals surface area contributed by atoms with Gasteiger partial charge in [0.2, 0.25) is 0 Å². The largest absolute Gasteiger partial charge is 0.462 e. The third-order valence-corrected chi connectivity index (χ3v) is 6.96. The highest BCUT2D eigenvalue weighted by atomic mass is 16.5. The lowest BCUT2D eigenvalue weighted by Crippen LogP contribution is -2.54. The molecule has 0 spiro atoms. The van der Waals surface area contributed by atoms with E-state index in [1.54, 1.807) is 20.8 Å². The van der Waals surface area contributed by atoms with E-state index in [0.29, 0.717) is 74.5 Å². The van der Waals surface area contributed by atoms with Crippen molar-refractivity contribution in [1.29, 1.82) is 0 Å². The van der Waals surface area contributed by atoms with Gasteiger partial charge in [-0.15, -0.1) is 0 Å². The lowest BCUT2D eigenvalue weighted by atomic mass is 10.2. The standard InChI is InChI=1S/C33H51N3O9/c1-25(2)28(37)43-22-16-10-7-13-19-34-31(40)35(20-14-8-11-17-23-44-29(38)26(3)4)33(42)36(32(34)41)21-15-9-12-18-24-45-30(39)27(5)6/h1,3,5,7-24H2,2,4,6H3. The maximum atomic E-state index is 13.3. The number of hydrogen-bond donors (Lipinski definition) is 0. The van der Waals surface area contributed by atoms with Gasteiger partial charge in [-0.2, -0.15) is 0 Å². The Hall–Kier alpha value is -3.96. The number of carbonyl (C=O) groups excluding carboxylic acids is 3. The summed E-state index contributed by atoms with van der Waals surface area (Å²) in [7, 11) is 0. The number of ether oxygens (including phenoxy) is 3. The molecule has 0 saturated carbocycles. The molecule has 0 fully saturated rings. The third kappa shape index (κ3) is 15.1. The van der Waals surface area contributed by atoms with Gasteiger partial charge in [0.05, 0.1) is 19.8 Å². The summed E-state index contributed by atoms with van der Waals surface area (Å²) in [5.74, 6) is -1.29. The molecule has 0 atom stereocenters. The zero-order valence-corrected chi connectivity index (χ0v) is 27.4. The van der Waals surface area contributed by atoms with Crippen LogP contribution < -0.4 is 17.1 Å². The Morgan fingerprint density at radius 2 is 0.667 bits per heavy atom. The van der Waals surface area contributed by atoms with Gasteiger partial charge < -0.3 is 14.2 Å². The molecule has 45 heavy (non-hydrogen) atoms. The molecule has 1 aromatic heterocycles. The molecule has 12 nitrogen and oxygen atoms in total. The first kappa shape index (κ1) is 39.1. The molecule has 1 rings (SSSR count). The van der Waals surface area contributed by atoms with Crippen molar-refractivity contribution in [3.05, 3.63) is 67.9 Å². The van der Waals surface area contributed by atoms with E-state index in [9.17, 15) is 28.8 Å². The smallest absolute Gasteiger partial charge is 0.336 e. The maximum Gasteiger partial charge on any atom is 0.336 e. The summed E-state index contributed by atoms with van der Waals surface area (Å²) in [5.41, 5.74) is -0.832. The van der Waals surface area contributed by atoms with Gasteiger partial charge in [-0.25, -0.2) is 42.5 Å². The highest BCUT2D eigenvalue weighted by Gasteiger charge is 2.15. The molecule has 0 radical (unpaired) electrons. The predicted molar refractivity (Wildman–Crippen MR) is 172 cm³/mol. The van der Waals surface area contributed by atoms with Crippen molar-refractivity contribution in [3.8, 4) is 0 Å². The molecule has 0 unspecified atom stereocenters. The predicted octanol–water partition coefficient (Wildman–Crippen LogP) is 4.21. The third-order valence-electron chi connectivity index (χ3n) is 6.96. The molecule has 1 aromatic rings. The number of carbonyl (C=O) groups is 3. The summed E-state index contributed by atoms with van der Waals surface area (Å²) < 4.78 is 18.7. The Labute approximate surface area is 265 Å². The van der Waals surface area contributed by atoms with E-state index in [2.05, 4.69) is 19.7 Å². The van der Waals surface area contributed by atoms with Crippen molar-refractivity contribution in [2.45, 2.75) is 117 Å². The monoisotopic (exact) mass is 633 g/mol. The van der Waals surface area contributed by atoms with Gasteiger partial charge in [-0.05, 0) is 78.6 Å². The first-order valence-electron chi connectivity index (χ1n) is 15.8. The zero-order chi connectivity index (χ0) is 33.8. The second-order valence-corrected chi connectivity index (χ2v) is 11.3. The van der Waals surface area contributed by atoms with Crippen molar-refractivity contribution in [1.82, 2.24) is 13.7 Å². The topological polar surface area (TPSA) is 145 Å². The summed E-state index contributed by atoms with van der Waals surface area (Å²) in [6.45, 7) is 16.7. The van der Waals surface area contributed by atoms with Crippen molar-refractivity contribution in [2.75, 3.05) is 19.8 Å². The zero-order valence-electron chi connectivity index (χ0n) is 27.4. The SMILES string of the molecule is C=C(C)C(=O)OCCCCCCn1c(=O)n(CCCCCCOC(=O)C(=C)C)c(=O)n(CCCCCCOC(=O)C(=C)C)c1=O. The van der Waals surface area contributed by atoms with Crippen LogP contribution in [0.1, 0.15) is 97.8 Å². The van der Waals surface area contributed by atoms with Gasteiger partial charge in [0.25, 0.3) is 0 Å². The summed E-state index contributed by atoms with van der Waals surface area (Å²) in [6, 6.07) is 0. The van der Waals surface area contributed by atoms with E-state index in [1.807, 2.05) is 0 Å². The van der Waals surface area contributed by atoms with Crippen LogP contribution in [-0.2, 0) is 48.2 Å². The molecule has 0 saturated heterocycles. The van der Waals surface area contributed by atoms with Gasteiger partial charge >= 0.3 is 35.0 Å². The van der Waals surface area contributed by atoms with Crippen LogP contribution in [0.15, 0.2) is 50.8 Å². The van der Waals surface area contributed by atoms with E-state index >= 15 is 0 Å². The maximum absolute atomic E-state index is 13.3. The molecular weight excluding hydrogens is 582 g/mol. The van der Waals surface area contributed by atoms with Crippen molar-refractivity contribution >= 4 is 17.9 Å². The summed E-state index contributed by atoms with van der Waals surface area (Å²) >= 11 is 0. The van der Waals surface area contributed by atoms with Crippen molar-refractivity contribution in [3.63, 3.8) is 0 Å². The number of aromatic nitrogens is 3. The number of esters is 3. The second-order valence-electron chi connectivity index (χ2n) is 11.3. The van der Waals surface area contributed by atoms with Gasteiger partial charge in [0, 0.05) is 36.4 Å². The quantitative estimate of drug-likeness (QED) is 0.0707. The van der Waals surface area contributed by atoms with E-state index < -0.39 is 35.0 Å². The van der Waals surface area contributed by atoms with Gasteiger partial charge in [0.15, 0.2) is 0 Å².